The lowest BCUT2D eigenvalue weighted by atomic mass is 9.96. The molecule has 120 valence electrons. The molecule has 0 unspecified atom stereocenters. The van der Waals surface area contributed by atoms with Gasteiger partial charge in [0.05, 0.1) is 6.54 Å². The Morgan fingerprint density at radius 2 is 2.09 bits per heavy atom. The summed E-state index contributed by atoms with van der Waals surface area (Å²) in [5, 5.41) is 3.02. The minimum Gasteiger partial charge on any atom is -0.369 e. The zero-order valence-electron chi connectivity index (χ0n) is 12.9. The summed E-state index contributed by atoms with van der Waals surface area (Å²) in [6.07, 6.45) is 3.60. The second kappa shape index (κ2) is 8.19. The van der Waals surface area contributed by atoms with Crippen LogP contribution in [0.3, 0.4) is 0 Å². The number of carbonyl (C=O) groups excluding carboxylic acids is 2. The molecule has 1 aliphatic rings. The maximum absolute atomic E-state index is 12.2. The van der Waals surface area contributed by atoms with Crippen LogP contribution in [0.2, 0.25) is 0 Å². The normalized spacial score (nSPS) is 16.4. The van der Waals surface area contributed by atoms with Crippen molar-refractivity contribution >= 4 is 23.6 Å². The lowest BCUT2D eigenvalue weighted by Gasteiger charge is -2.30. The molecule has 1 aliphatic heterocycles. The number of benzene rings is 1. The predicted molar refractivity (Wildman–Crippen MR) is 88.4 cm³/mol. The number of amides is 2. The maximum atomic E-state index is 12.2. The van der Waals surface area contributed by atoms with Crippen LogP contribution in [0.25, 0.3) is 0 Å². The van der Waals surface area contributed by atoms with Gasteiger partial charge in [0.25, 0.3) is 0 Å². The number of piperidine rings is 1. The molecular weight excluding hydrogens is 298 g/mol. The highest BCUT2D eigenvalue weighted by Gasteiger charge is 2.25. The van der Waals surface area contributed by atoms with Crippen LogP contribution < -0.4 is 11.1 Å². The lowest BCUT2D eigenvalue weighted by Crippen LogP contribution is -2.43. The molecule has 5 nitrogen and oxygen atoms in total. The molecule has 0 aromatic heterocycles. The zero-order valence-corrected chi connectivity index (χ0v) is 13.7. The van der Waals surface area contributed by atoms with Crippen LogP contribution in [0.15, 0.2) is 29.2 Å². The SMILES string of the molecule is CSc1cccc(CNC(=O)C2CCN(CC(N)=O)CC2)c1. The van der Waals surface area contributed by atoms with Crippen molar-refractivity contribution in [2.75, 3.05) is 25.9 Å². The van der Waals surface area contributed by atoms with Gasteiger partial charge in [-0.15, -0.1) is 11.8 Å². The standard InChI is InChI=1S/C16H23N3O2S/c1-22-14-4-2-3-12(9-14)10-18-16(21)13-5-7-19(8-6-13)11-15(17)20/h2-4,9,13H,5-8,10-11H2,1H3,(H2,17,20)(H,18,21). The Bertz CT molecular complexity index is 528. The second-order valence-electron chi connectivity index (χ2n) is 5.59. The Kier molecular flexibility index (Phi) is 6.27. The Labute approximate surface area is 135 Å². The van der Waals surface area contributed by atoms with Crippen LogP contribution >= 0.6 is 11.8 Å². The fourth-order valence-electron chi connectivity index (χ4n) is 2.69. The number of nitrogens with two attached hydrogens (primary N) is 1. The van der Waals surface area contributed by atoms with E-state index in [1.54, 1.807) is 11.8 Å². The average molecular weight is 321 g/mol. The van der Waals surface area contributed by atoms with Gasteiger partial charge in [-0.05, 0) is 49.9 Å². The molecule has 2 rings (SSSR count). The topological polar surface area (TPSA) is 75.4 Å². The fraction of sp³-hybridized carbons (Fsp3) is 0.500. The van der Waals surface area contributed by atoms with E-state index in [-0.39, 0.29) is 24.3 Å². The summed E-state index contributed by atoms with van der Waals surface area (Å²) >= 11 is 1.69. The number of hydrogen-bond donors (Lipinski definition) is 2. The Hall–Kier alpha value is -1.53. The van der Waals surface area contributed by atoms with Gasteiger partial charge in [0, 0.05) is 17.4 Å². The second-order valence-corrected chi connectivity index (χ2v) is 6.47. The number of nitrogens with one attached hydrogen (secondary N) is 1. The first-order valence-electron chi connectivity index (χ1n) is 7.50. The molecule has 1 fully saturated rings. The van der Waals surface area contributed by atoms with Gasteiger partial charge < -0.3 is 11.1 Å². The van der Waals surface area contributed by atoms with Crippen molar-refractivity contribution in [2.24, 2.45) is 11.7 Å². The smallest absolute Gasteiger partial charge is 0.231 e. The first kappa shape index (κ1) is 16.8. The summed E-state index contributed by atoms with van der Waals surface area (Å²) in [6.45, 7) is 2.36. The largest absolute Gasteiger partial charge is 0.369 e. The van der Waals surface area contributed by atoms with Crippen LogP contribution in [-0.2, 0) is 16.1 Å². The third kappa shape index (κ3) is 5.03. The Morgan fingerprint density at radius 1 is 1.36 bits per heavy atom. The third-order valence-electron chi connectivity index (χ3n) is 3.94. The van der Waals surface area contributed by atoms with E-state index in [2.05, 4.69) is 17.4 Å². The van der Waals surface area contributed by atoms with E-state index < -0.39 is 0 Å². The summed E-state index contributed by atoms with van der Waals surface area (Å²) in [6, 6.07) is 8.19. The van der Waals surface area contributed by atoms with E-state index in [4.69, 9.17) is 5.73 Å². The van der Waals surface area contributed by atoms with E-state index in [0.29, 0.717) is 6.54 Å². The molecule has 1 aromatic rings. The van der Waals surface area contributed by atoms with E-state index >= 15 is 0 Å². The first-order valence-corrected chi connectivity index (χ1v) is 8.72. The number of primary amides is 1. The van der Waals surface area contributed by atoms with Crippen LogP contribution in [-0.4, -0.2) is 42.6 Å². The molecule has 0 atom stereocenters. The molecular formula is C16H23N3O2S. The monoisotopic (exact) mass is 321 g/mol. The summed E-state index contributed by atoms with van der Waals surface area (Å²) in [7, 11) is 0. The highest BCUT2D eigenvalue weighted by atomic mass is 32.2. The Balaban J connectivity index is 1.77. The van der Waals surface area contributed by atoms with E-state index in [1.807, 2.05) is 23.3 Å². The minimum absolute atomic E-state index is 0.0351. The summed E-state index contributed by atoms with van der Waals surface area (Å²) in [5.74, 6) is -0.169. The van der Waals surface area contributed by atoms with Crippen molar-refractivity contribution in [3.8, 4) is 0 Å². The molecule has 0 saturated carbocycles. The number of likely N-dealkylation sites (tertiary alicyclic amines) is 1. The highest BCUT2D eigenvalue weighted by molar-refractivity contribution is 7.98. The van der Waals surface area contributed by atoms with Gasteiger partial charge in [0.2, 0.25) is 11.8 Å². The van der Waals surface area contributed by atoms with Gasteiger partial charge in [-0.25, -0.2) is 0 Å². The van der Waals surface area contributed by atoms with Gasteiger partial charge in [0.15, 0.2) is 0 Å². The molecule has 0 spiro atoms. The van der Waals surface area contributed by atoms with E-state index in [1.165, 1.54) is 4.90 Å². The molecule has 0 bridgehead atoms. The molecule has 2 amide bonds. The first-order chi connectivity index (χ1) is 10.6. The van der Waals surface area contributed by atoms with Gasteiger partial charge in [-0.2, -0.15) is 0 Å². The van der Waals surface area contributed by atoms with Crippen molar-refractivity contribution in [3.63, 3.8) is 0 Å². The van der Waals surface area contributed by atoms with Crippen molar-refractivity contribution in [2.45, 2.75) is 24.3 Å². The van der Waals surface area contributed by atoms with Crippen molar-refractivity contribution in [1.82, 2.24) is 10.2 Å². The van der Waals surface area contributed by atoms with Crippen LogP contribution in [0, 0.1) is 5.92 Å². The van der Waals surface area contributed by atoms with Gasteiger partial charge in [0.1, 0.15) is 0 Å². The zero-order chi connectivity index (χ0) is 15.9. The van der Waals surface area contributed by atoms with E-state index in [0.717, 1.165) is 31.5 Å². The van der Waals surface area contributed by atoms with Crippen LogP contribution in [0.1, 0.15) is 18.4 Å². The number of hydrogen-bond acceptors (Lipinski definition) is 4. The van der Waals surface area contributed by atoms with Gasteiger partial charge in [-0.3, -0.25) is 14.5 Å². The molecule has 0 radical (unpaired) electrons. The van der Waals surface area contributed by atoms with Crippen LogP contribution in [0.5, 0.6) is 0 Å². The van der Waals surface area contributed by atoms with Gasteiger partial charge in [-0.1, -0.05) is 12.1 Å². The number of carbonyl (C=O) groups is 2. The minimum atomic E-state index is -0.309. The van der Waals surface area contributed by atoms with Crippen molar-refractivity contribution in [3.05, 3.63) is 29.8 Å². The molecule has 22 heavy (non-hydrogen) atoms. The predicted octanol–water partition coefficient (Wildman–Crippen LogP) is 1.22. The fourth-order valence-corrected chi connectivity index (χ4v) is 3.17. The number of thioether (sulfide) groups is 1. The molecule has 6 heteroatoms. The van der Waals surface area contributed by atoms with Crippen LogP contribution in [0.4, 0.5) is 0 Å². The molecule has 1 saturated heterocycles. The third-order valence-corrected chi connectivity index (χ3v) is 4.66. The van der Waals surface area contributed by atoms with Crippen molar-refractivity contribution in [1.29, 1.82) is 0 Å². The van der Waals surface area contributed by atoms with Gasteiger partial charge >= 0.3 is 0 Å². The molecule has 0 aliphatic carbocycles. The summed E-state index contributed by atoms with van der Waals surface area (Å²) in [5.41, 5.74) is 6.31. The van der Waals surface area contributed by atoms with E-state index in [9.17, 15) is 9.59 Å². The quantitative estimate of drug-likeness (QED) is 0.773. The molecule has 3 N–H and O–H groups in total. The lowest BCUT2D eigenvalue weighted by molar-refractivity contribution is -0.126. The Morgan fingerprint density at radius 3 is 2.73 bits per heavy atom. The summed E-state index contributed by atoms with van der Waals surface area (Å²) in [4.78, 5) is 26.3. The highest BCUT2D eigenvalue weighted by Crippen LogP contribution is 2.18. The molecule has 1 heterocycles. The number of nitrogens with zero attached hydrogens (tertiary/aromatic N) is 1. The summed E-state index contributed by atoms with van der Waals surface area (Å²) < 4.78 is 0. The number of rotatable bonds is 6. The molecule has 1 aromatic carbocycles. The maximum Gasteiger partial charge on any atom is 0.231 e. The van der Waals surface area contributed by atoms with Crippen molar-refractivity contribution < 1.29 is 9.59 Å². The average Bonchev–Trinajstić information content (AvgIpc) is 2.53.